The predicted octanol–water partition coefficient (Wildman–Crippen LogP) is 4.93. The maximum atomic E-state index is 5.83. The Morgan fingerprint density at radius 1 is 1.00 bits per heavy atom. The van der Waals surface area contributed by atoms with Gasteiger partial charge in [0.25, 0.3) is 0 Å². The van der Waals surface area contributed by atoms with Gasteiger partial charge in [-0.1, -0.05) is 48.0 Å². The van der Waals surface area contributed by atoms with Crippen molar-refractivity contribution in [2.75, 3.05) is 6.61 Å². The first-order valence-electron chi connectivity index (χ1n) is 7.99. The number of benzene rings is 2. The van der Waals surface area contributed by atoms with Crippen LogP contribution in [-0.4, -0.2) is 15.7 Å². The Kier molecular flexibility index (Phi) is 3.92. The molecule has 3 aromatic rings. The quantitative estimate of drug-likeness (QED) is 0.499. The van der Waals surface area contributed by atoms with Crippen LogP contribution >= 0.6 is 12.2 Å². The zero-order valence-electron chi connectivity index (χ0n) is 13.4. The van der Waals surface area contributed by atoms with Crippen molar-refractivity contribution in [3.63, 3.8) is 0 Å². The summed E-state index contributed by atoms with van der Waals surface area (Å²) < 4.78 is 10.7. The Morgan fingerprint density at radius 3 is 2.42 bits per heavy atom. The Balaban J connectivity index is 1.92. The standard InChI is InChI=1S/C20H18N2OS/c1-15-9-11-16(12-10-15)21-14-18(19-8-5-13-23-19)22(20(21)24)17-6-3-2-4-7-17/h2-12,14,19H,13H2,1H3/t19-/m1/s1. The Labute approximate surface area is 146 Å². The lowest BCUT2D eigenvalue weighted by Crippen LogP contribution is -2.05. The van der Waals surface area contributed by atoms with Crippen molar-refractivity contribution in [3.8, 4) is 11.4 Å². The number of rotatable bonds is 3. The van der Waals surface area contributed by atoms with Gasteiger partial charge in [-0.2, -0.15) is 0 Å². The molecule has 0 spiro atoms. The molecule has 0 radical (unpaired) electrons. The molecule has 0 N–H and O–H groups in total. The van der Waals surface area contributed by atoms with E-state index in [1.54, 1.807) is 0 Å². The van der Waals surface area contributed by atoms with E-state index >= 15 is 0 Å². The van der Waals surface area contributed by atoms with E-state index in [2.05, 4.69) is 60.2 Å². The minimum Gasteiger partial charge on any atom is -0.364 e. The van der Waals surface area contributed by atoms with Crippen molar-refractivity contribution in [2.24, 2.45) is 0 Å². The first-order valence-corrected chi connectivity index (χ1v) is 8.40. The number of nitrogens with zero attached hydrogens (tertiary/aromatic N) is 2. The molecule has 1 atom stereocenters. The van der Waals surface area contributed by atoms with Crippen LogP contribution in [-0.2, 0) is 4.74 Å². The van der Waals surface area contributed by atoms with Gasteiger partial charge in [0.2, 0.25) is 0 Å². The van der Waals surface area contributed by atoms with E-state index in [0.717, 1.165) is 21.8 Å². The summed E-state index contributed by atoms with van der Waals surface area (Å²) in [5, 5.41) is 0. The molecule has 2 heterocycles. The third kappa shape index (κ3) is 2.64. The highest BCUT2D eigenvalue weighted by Crippen LogP contribution is 2.28. The summed E-state index contributed by atoms with van der Waals surface area (Å²) in [7, 11) is 0. The molecular weight excluding hydrogens is 316 g/mol. The molecule has 1 aliphatic heterocycles. The molecule has 1 aromatic heterocycles. The topological polar surface area (TPSA) is 19.1 Å². The number of imidazole rings is 1. The van der Waals surface area contributed by atoms with Crippen LogP contribution in [0.15, 0.2) is 72.9 Å². The zero-order chi connectivity index (χ0) is 16.5. The second-order valence-electron chi connectivity index (χ2n) is 5.90. The van der Waals surface area contributed by atoms with Crippen molar-refractivity contribution in [3.05, 3.63) is 89.0 Å². The Morgan fingerprint density at radius 2 is 1.75 bits per heavy atom. The van der Waals surface area contributed by atoms with Crippen LogP contribution in [0.1, 0.15) is 17.4 Å². The number of ether oxygens (including phenoxy) is 1. The SMILES string of the molecule is Cc1ccc(-n2cc([C@H]3C=CCO3)n(-c3ccccc3)c2=S)cc1. The molecule has 0 saturated carbocycles. The second kappa shape index (κ2) is 6.23. The van der Waals surface area contributed by atoms with Crippen molar-refractivity contribution in [1.82, 2.24) is 9.13 Å². The largest absolute Gasteiger partial charge is 0.364 e. The minimum absolute atomic E-state index is 0.0707. The summed E-state index contributed by atoms with van der Waals surface area (Å²) in [5.74, 6) is 0. The van der Waals surface area contributed by atoms with Crippen molar-refractivity contribution in [2.45, 2.75) is 13.0 Å². The van der Waals surface area contributed by atoms with E-state index < -0.39 is 0 Å². The molecular formula is C20H18N2OS. The molecule has 4 heteroatoms. The number of hydrogen-bond acceptors (Lipinski definition) is 2. The number of para-hydroxylation sites is 1. The monoisotopic (exact) mass is 334 g/mol. The fourth-order valence-electron chi connectivity index (χ4n) is 2.97. The van der Waals surface area contributed by atoms with E-state index in [1.807, 2.05) is 28.8 Å². The molecule has 0 unspecified atom stereocenters. The van der Waals surface area contributed by atoms with E-state index in [4.69, 9.17) is 17.0 Å². The highest BCUT2D eigenvalue weighted by Gasteiger charge is 2.21. The minimum atomic E-state index is -0.0707. The van der Waals surface area contributed by atoms with E-state index in [9.17, 15) is 0 Å². The molecule has 0 bridgehead atoms. The second-order valence-corrected chi connectivity index (χ2v) is 6.26. The third-order valence-electron chi connectivity index (χ3n) is 4.22. The fraction of sp³-hybridized carbons (Fsp3) is 0.150. The van der Waals surface area contributed by atoms with Crippen LogP contribution in [0.2, 0.25) is 0 Å². The highest BCUT2D eigenvalue weighted by molar-refractivity contribution is 7.71. The van der Waals surface area contributed by atoms with E-state index in [0.29, 0.717) is 6.61 Å². The van der Waals surface area contributed by atoms with E-state index in [-0.39, 0.29) is 6.10 Å². The van der Waals surface area contributed by atoms with Crippen LogP contribution in [0.5, 0.6) is 0 Å². The average molecular weight is 334 g/mol. The smallest absolute Gasteiger partial charge is 0.189 e. The molecule has 0 saturated heterocycles. The molecule has 3 nitrogen and oxygen atoms in total. The van der Waals surface area contributed by atoms with Crippen LogP contribution < -0.4 is 0 Å². The van der Waals surface area contributed by atoms with Gasteiger partial charge in [-0.25, -0.2) is 0 Å². The molecule has 24 heavy (non-hydrogen) atoms. The normalized spacial score (nSPS) is 16.6. The molecule has 0 fully saturated rings. The lowest BCUT2D eigenvalue weighted by atomic mass is 10.2. The van der Waals surface area contributed by atoms with Crippen LogP contribution in [0, 0.1) is 11.7 Å². The van der Waals surface area contributed by atoms with Gasteiger partial charge in [0, 0.05) is 17.6 Å². The maximum Gasteiger partial charge on any atom is 0.189 e. The fourth-order valence-corrected chi connectivity index (χ4v) is 3.34. The summed E-state index contributed by atoms with van der Waals surface area (Å²) in [6.45, 7) is 2.72. The van der Waals surface area contributed by atoms with Crippen LogP contribution in [0.25, 0.3) is 11.4 Å². The Hall–Kier alpha value is -2.43. The summed E-state index contributed by atoms with van der Waals surface area (Å²) in [4.78, 5) is 0. The first-order chi connectivity index (χ1) is 11.7. The van der Waals surface area contributed by atoms with Crippen LogP contribution in [0.3, 0.4) is 0 Å². The van der Waals surface area contributed by atoms with Crippen molar-refractivity contribution >= 4 is 12.2 Å². The van der Waals surface area contributed by atoms with Gasteiger partial charge >= 0.3 is 0 Å². The van der Waals surface area contributed by atoms with Gasteiger partial charge in [-0.15, -0.1) is 0 Å². The van der Waals surface area contributed by atoms with Gasteiger partial charge in [0.05, 0.1) is 12.3 Å². The van der Waals surface area contributed by atoms with Gasteiger partial charge in [-0.3, -0.25) is 9.13 Å². The molecule has 4 rings (SSSR count). The number of aromatic nitrogens is 2. The third-order valence-corrected chi connectivity index (χ3v) is 4.60. The molecule has 0 aliphatic carbocycles. The summed E-state index contributed by atoms with van der Waals surface area (Å²) >= 11 is 5.79. The predicted molar refractivity (Wildman–Crippen MR) is 98.5 cm³/mol. The summed E-state index contributed by atoms with van der Waals surface area (Å²) in [6.07, 6.45) is 6.15. The molecule has 0 amide bonds. The van der Waals surface area contributed by atoms with Crippen molar-refractivity contribution in [1.29, 1.82) is 0 Å². The lowest BCUT2D eigenvalue weighted by Gasteiger charge is -2.12. The lowest BCUT2D eigenvalue weighted by molar-refractivity contribution is 0.125. The van der Waals surface area contributed by atoms with Gasteiger partial charge in [0.1, 0.15) is 6.10 Å². The molecule has 120 valence electrons. The number of aryl methyl sites for hydroxylation is 1. The van der Waals surface area contributed by atoms with Gasteiger partial charge < -0.3 is 4.74 Å². The van der Waals surface area contributed by atoms with Gasteiger partial charge in [0.15, 0.2) is 4.77 Å². The first kappa shape index (κ1) is 15.1. The average Bonchev–Trinajstić information content (AvgIpc) is 3.24. The molecule has 1 aliphatic rings. The Bertz CT molecular complexity index is 936. The highest BCUT2D eigenvalue weighted by atomic mass is 32.1. The summed E-state index contributed by atoms with van der Waals surface area (Å²) in [6, 6.07) is 18.6. The van der Waals surface area contributed by atoms with Gasteiger partial charge in [-0.05, 0) is 43.4 Å². The summed E-state index contributed by atoms with van der Waals surface area (Å²) in [5.41, 5.74) is 4.38. The van der Waals surface area contributed by atoms with Crippen molar-refractivity contribution < 1.29 is 4.74 Å². The zero-order valence-corrected chi connectivity index (χ0v) is 14.2. The maximum absolute atomic E-state index is 5.83. The van der Waals surface area contributed by atoms with Crippen LogP contribution in [0.4, 0.5) is 0 Å². The number of hydrogen-bond donors (Lipinski definition) is 0. The van der Waals surface area contributed by atoms with E-state index in [1.165, 1.54) is 5.56 Å². The molecule has 2 aromatic carbocycles.